The Kier molecular flexibility index (Phi) is 8.62. The van der Waals surface area contributed by atoms with E-state index in [4.69, 9.17) is 5.73 Å². The Morgan fingerprint density at radius 2 is 2.10 bits per heavy atom. The maximum Gasteiger partial charge on any atom is 0.222 e. The van der Waals surface area contributed by atoms with Crippen LogP contribution in [0.3, 0.4) is 0 Å². The highest BCUT2D eigenvalue weighted by atomic mass is 79.9. The smallest absolute Gasteiger partial charge is 0.222 e. The van der Waals surface area contributed by atoms with Crippen molar-refractivity contribution in [3.8, 4) is 0 Å². The van der Waals surface area contributed by atoms with Gasteiger partial charge in [-0.15, -0.1) is 0 Å². The van der Waals surface area contributed by atoms with Crippen molar-refractivity contribution in [3.63, 3.8) is 0 Å². The predicted molar refractivity (Wildman–Crippen MR) is 91.9 cm³/mol. The minimum atomic E-state index is 0.216. The lowest BCUT2D eigenvalue weighted by atomic mass is 9.94. The van der Waals surface area contributed by atoms with Crippen molar-refractivity contribution in [2.45, 2.75) is 45.6 Å². The third kappa shape index (κ3) is 7.09. The van der Waals surface area contributed by atoms with Gasteiger partial charge in [-0.3, -0.25) is 4.79 Å². The van der Waals surface area contributed by atoms with E-state index in [9.17, 15) is 4.79 Å². The molecular formula is C17H27BrN2O. The van der Waals surface area contributed by atoms with Gasteiger partial charge in [-0.25, -0.2) is 0 Å². The van der Waals surface area contributed by atoms with Gasteiger partial charge in [0.15, 0.2) is 0 Å². The van der Waals surface area contributed by atoms with Gasteiger partial charge in [-0.1, -0.05) is 47.8 Å². The van der Waals surface area contributed by atoms with E-state index in [2.05, 4.69) is 28.9 Å². The van der Waals surface area contributed by atoms with Crippen LogP contribution in [0, 0.1) is 5.92 Å². The molecule has 21 heavy (non-hydrogen) atoms. The number of amides is 1. The van der Waals surface area contributed by atoms with E-state index in [1.54, 1.807) is 0 Å². The van der Waals surface area contributed by atoms with Gasteiger partial charge in [0.2, 0.25) is 5.91 Å². The zero-order valence-electron chi connectivity index (χ0n) is 13.1. The molecule has 0 radical (unpaired) electrons. The van der Waals surface area contributed by atoms with Crippen LogP contribution in [0.4, 0.5) is 0 Å². The molecule has 0 saturated heterocycles. The number of benzene rings is 1. The Hall–Kier alpha value is -0.870. The van der Waals surface area contributed by atoms with Gasteiger partial charge < -0.3 is 10.6 Å². The van der Waals surface area contributed by atoms with E-state index >= 15 is 0 Å². The molecule has 0 heterocycles. The first-order valence-electron chi connectivity index (χ1n) is 7.75. The second-order valence-corrected chi connectivity index (χ2v) is 6.57. The molecule has 118 valence electrons. The SMILES string of the molecule is CCCC(CCN)CCC(=O)N(C)Cc1cccc(Br)c1. The van der Waals surface area contributed by atoms with Crippen molar-refractivity contribution in [2.24, 2.45) is 11.7 Å². The van der Waals surface area contributed by atoms with E-state index in [0.29, 0.717) is 25.4 Å². The van der Waals surface area contributed by atoms with Gasteiger partial charge in [0.1, 0.15) is 0 Å². The van der Waals surface area contributed by atoms with E-state index < -0.39 is 0 Å². The summed E-state index contributed by atoms with van der Waals surface area (Å²) < 4.78 is 1.05. The van der Waals surface area contributed by atoms with Crippen LogP contribution < -0.4 is 5.73 Å². The first-order valence-corrected chi connectivity index (χ1v) is 8.54. The lowest BCUT2D eigenvalue weighted by molar-refractivity contribution is -0.130. The monoisotopic (exact) mass is 354 g/mol. The Labute approximate surface area is 137 Å². The molecule has 1 unspecified atom stereocenters. The molecule has 1 atom stereocenters. The summed E-state index contributed by atoms with van der Waals surface area (Å²) in [5, 5.41) is 0. The number of nitrogens with zero attached hydrogens (tertiary/aromatic N) is 1. The molecule has 0 saturated carbocycles. The molecule has 0 bridgehead atoms. The van der Waals surface area contributed by atoms with E-state index in [1.165, 1.54) is 6.42 Å². The largest absolute Gasteiger partial charge is 0.341 e. The van der Waals surface area contributed by atoms with Crippen molar-refractivity contribution >= 4 is 21.8 Å². The molecule has 1 rings (SSSR count). The zero-order chi connectivity index (χ0) is 15.7. The molecule has 2 N–H and O–H groups in total. The molecule has 0 aromatic heterocycles. The molecule has 0 aliphatic heterocycles. The Morgan fingerprint density at radius 3 is 2.71 bits per heavy atom. The van der Waals surface area contributed by atoms with Gasteiger partial charge in [-0.05, 0) is 43.0 Å². The van der Waals surface area contributed by atoms with Crippen LogP contribution in [0.15, 0.2) is 28.7 Å². The van der Waals surface area contributed by atoms with Gasteiger partial charge >= 0.3 is 0 Å². The molecule has 0 spiro atoms. The molecule has 3 nitrogen and oxygen atoms in total. The van der Waals surface area contributed by atoms with Crippen molar-refractivity contribution in [1.82, 2.24) is 4.90 Å². The quantitative estimate of drug-likeness (QED) is 0.729. The fourth-order valence-corrected chi connectivity index (χ4v) is 3.04. The van der Waals surface area contributed by atoms with Crippen molar-refractivity contribution in [3.05, 3.63) is 34.3 Å². The minimum Gasteiger partial charge on any atom is -0.341 e. The lowest BCUT2D eigenvalue weighted by Gasteiger charge is -2.20. The fraction of sp³-hybridized carbons (Fsp3) is 0.588. The summed E-state index contributed by atoms with van der Waals surface area (Å²) in [4.78, 5) is 14.0. The molecular weight excluding hydrogens is 328 g/mol. The van der Waals surface area contributed by atoms with Crippen LogP contribution in [0.25, 0.3) is 0 Å². The Morgan fingerprint density at radius 1 is 1.33 bits per heavy atom. The average molecular weight is 355 g/mol. The fourth-order valence-electron chi connectivity index (χ4n) is 2.59. The zero-order valence-corrected chi connectivity index (χ0v) is 14.7. The van der Waals surface area contributed by atoms with Gasteiger partial charge in [-0.2, -0.15) is 0 Å². The summed E-state index contributed by atoms with van der Waals surface area (Å²) in [7, 11) is 1.88. The summed E-state index contributed by atoms with van der Waals surface area (Å²) in [6, 6.07) is 8.09. The number of rotatable bonds is 9. The topological polar surface area (TPSA) is 46.3 Å². The summed E-state index contributed by atoms with van der Waals surface area (Å²) in [5.41, 5.74) is 6.79. The predicted octanol–water partition coefficient (Wildman–Crippen LogP) is 3.95. The highest BCUT2D eigenvalue weighted by molar-refractivity contribution is 9.10. The number of halogens is 1. The minimum absolute atomic E-state index is 0.216. The van der Waals surface area contributed by atoms with E-state index in [-0.39, 0.29) is 5.91 Å². The van der Waals surface area contributed by atoms with E-state index in [1.807, 2.05) is 30.1 Å². The summed E-state index contributed by atoms with van der Waals surface area (Å²) in [6.45, 7) is 3.56. The van der Waals surface area contributed by atoms with Crippen LogP contribution in [0.5, 0.6) is 0 Å². The molecule has 0 aliphatic carbocycles. The van der Waals surface area contributed by atoms with Crippen LogP contribution in [0.2, 0.25) is 0 Å². The number of hydrogen-bond acceptors (Lipinski definition) is 2. The second-order valence-electron chi connectivity index (χ2n) is 5.65. The Balaban J connectivity index is 2.43. The number of hydrogen-bond donors (Lipinski definition) is 1. The highest BCUT2D eigenvalue weighted by Crippen LogP contribution is 2.18. The molecule has 0 fully saturated rings. The number of nitrogens with two attached hydrogens (primary N) is 1. The number of carbonyl (C=O) groups is 1. The van der Waals surface area contributed by atoms with Crippen LogP contribution in [-0.4, -0.2) is 24.4 Å². The maximum atomic E-state index is 12.2. The normalized spacial score (nSPS) is 12.2. The first-order chi connectivity index (χ1) is 10.1. The van der Waals surface area contributed by atoms with Crippen LogP contribution in [0.1, 0.15) is 44.6 Å². The molecule has 1 aromatic carbocycles. The van der Waals surface area contributed by atoms with Gasteiger partial charge in [0.25, 0.3) is 0 Å². The van der Waals surface area contributed by atoms with Crippen molar-refractivity contribution in [2.75, 3.05) is 13.6 Å². The summed E-state index contributed by atoms with van der Waals surface area (Å²) >= 11 is 3.46. The maximum absolute atomic E-state index is 12.2. The van der Waals surface area contributed by atoms with Crippen molar-refractivity contribution < 1.29 is 4.79 Å². The van der Waals surface area contributed by atoms with E-state index in [0.717, 1.165) is 29.3 Å². The van der Waals surface area contributed by atoms with Crippen LogP contribution in [-0.2, 0) is 11.3 Å². The second kappa shape index (κ2) is 9.96. The third-order valence-electron chi connectivity index (χ3n) is 3.77. The lowest BCUT2D eigenvalue weighted by Crippen LogP contribution is -2.26. The molecule has 4 heteroatoms. The number of carbonyl (C=O) groups excluding carboxylic acids is 1. The summed E-state index contributed by atoms with van der Waals surface area (Å²) in [6.07, 6.45) is 4.92. The first kappa shape index (κ1) is 18.2. The highest BCUT2D eigenvalue weighted by Gasteiger charge is 2.13. The summed E-state index contributed by atoms with van der Waals surface area (Å²) in [5.74, 6) is 0.802. The van der Waals surface area contributed by atoms with Gasteiger partial charge in [0.05, 0.1) is 0 Å². The standard InChI is InChI=1S/C17H27BrN2O/c1-3-5-14(10-11-19)8-9-17(21)20(2)13-15-6-4-7-16(18)12-15/h4,6-7,12,14H,3,5,8-11,13,19H2,1-2H3. The molecule has 0 aliphatic rings. The Bertz CT molecular complexity index is 431. The molecule has 1 aromatic rings. The molecule has 1 amide bonds. The average Bonchev–Trinajstić information content (AvgIpc) is 2.45. The van der Waals surface area contributed by atoms with Gasteiger partial charge in [0, 0.05) is 24.5 Å². The third-order valence-corrected chi connectivity index (χ3v) is 4.27. The van der Waals surface area contributed by atoms with Crippen molar-refractivity contribution in [1.29, 1.82) is 0 Å². The van der Waals surface area contributed by atoms with Crippen LogP contribution >= 0.6 is 15.9 Å².